The molecule has 1 heterocycles. The van der Waals surface area contributed by atoms with Gasteiger partial charge < -0.3 is 4.90 Å². The Hall–Kier alpha value is -1.68. The van der Waals surface area contributed by atoms with E-state index in [1.54, 1.807) is 11.1 Å². The first-order valence-electron chi connectivity index (χ1n) is 5.50. The van der Waals surface area contributed by atoms with E-state index in [0.29, 0.717) is 11.6 Å². The van der Waals surface area contributed by atoms with E-state index in [4.69, 9.17) is 0 Å². The molecule has 1 aromatic carbocycles. The van der Waals surface area contributed by atoms with Crippen molar-refractivity contribution in [3.05, 3.63) is 46.4 Å². The molecule has 0 aliphatic rings. The number of hydrogen-bond acceptors (Lipinski definition) is 3. The molecule has 1 amide bonds. The van der Waals surface area contributed by atoms with Crippen LogP contribution in [-0.2, 0) is 0 Å². The predicted octanol–water partition coefficient (Wildman–Crippen LogP) is 3.12. The number of benzene rings is 1. The lowest BCUT2D eigenvalue weighted by atomic mass is 10.2. The van der Waals surface area contributed by atoms with Crippen LogP contribution in [0.5, 0.6) is 0 Å². The highest BCUT2D eigenvalue weighted by atomic mass is 32.1. The van der Waals surface area contributed by atoms with E-state index in [0.717, 1.165) is 11.3 Å². The number of rotatable bonds is 3. The lowest BCUT2D eigenvalue weighted by molar-refractivity contribution is 0.0988. The van der Waals surface area contributed by atoms with Gasteiger partial charge in [0.25, 0.3) is 5.91 Å². The van der Waals surface area contributed by atoms with Gasteiger partial charge in [0.1, 0.15) is 0 Å². The molecule has 0 saturated carbocycles. The Balaban J connectivity index is 2.31. The van der Waals surface area contributed by atoms with Crippen molar-refractivity contribution < 1.29 is 4.79 Å². The van der Waals surface area contributed by atoms with Crippen molar-refractivity contribution in [1.82, 2.24) is 4.98 Å². The molecular formula is C13H14N2OS. The van der Waals surface area contributed by atoms with E-state index in [-0.39, 0.29) is 5.91 Å². The first-order valence-corrected chi connectivity index (χ1v) is 6.38. The molecule has 2 aromatic rings. The first-order chi connectivity index (χ1) is 8.22. The highest BCUT2D eigenvalue weighted by Gasteiger charge is 2.17. The highest BCUT2D eigenvalue weighted by Crippen LogP contribution is 2.19. The molecule has 0 unspecified atom stereocenters. The Bertz CT molecular complexity index is 508. The molecule has 0 fully saturated rings. The van der Waals surface area contributed by atoms with Gasteiger partial charge in [0.2, 0.25) is 0 Å². The van der Waals surface area contributed by atoms with Crippen LogP contribution < -0.4 is 4.90 Å². The summed E-state index contributed by atoms with van der Waals surface area (Å²) in [6, 6.07) is 7.94. The Kier molecular flexibility index (Phi) is 3.54. The molecule has 0 aliphatic heterocycles. The van der Waals surface area contributed by atoms with Gasteiger partial charge in [0, 0.05) is 23.8 Å². The smallest absolute Gasteiger partial charge is 0.287 e. The number of aromatic nitrogens is 1. The molecule has 0 N–H and O–H groups in total. The van der Waals surface area contributed by atoms with Gasteiger partial charge in [0.15, 0.2) is 5.01 Å². The zero-order chi connectivity index (χ0) is 12.3. The van der Waals surface area contributed by atoms with E-state index in [1.165, 1.54) is 11.3 Å². The Morgan fingerprint density at radius 1 is 1.47 bits per heavy atom. The molecule has 0 saturated heterocycles. The molecule has 88 valence electrons. The van der Waals surface area contributed by atoms with Gasteiger partial charge in [-0.1, -0.05) is 12.1 Å². The molecule has 0 atom stereocenters. The van der Waals surface area contributed by atoms with Gasteiger partial charge in [-0.15, -0.1) is 11.3 Å². The van der Waals surface area contributed by atoms with Crippen molar-refractivity contribution in [2.45, 2.75) is 13.8 Å². The summed E-state index contributed by atoms with van der Waals surface area (Å²) in [5.41, 5.74) is 2.07. The van der Waals surface area contributed by atoms with Crippen molar-refractivity contribution >= 4 is 22.9 Å². The maximum Gasteiger partial charge on any atom is 0.287 e. The van der Waals surface area contributed by atoms with Gasteiger partial charge >= 0.3 is 0 Å². The minimum Gasteiger partial charge on any atom is -0.307 e. The molecule has 1 aromatic heterocycles. The number of nitrogens with zero attached hydrogens (tertiary/aromatic N) is 2. The standard InChI is InChI=1S/C13H14N2OS/c1-3-15(11-6-4-5-10(2)9-11)13(16)12-14-7-8-17-12/h4-9H,3H2,1-2H3. The lowest BCUT2D eigenvalue weighted by Gasteiger charge is -2.20. The van der Waals surface area contributed by atoms with E-state index >= 15 is 0 Å². The van der Waals surface area contributed by atoms with Crippen molar-refractivity contribution in [2.24, 2.45) is 0 Å². The van der Waals surface area contributed by atoms with Crippen LogP contribution in [0.3, 0.4) is 0 Å². The molecule has 0 spiro atoms. The largest absolute Gasteiger partial charge is 0.307 e. The molecule has 2 rings (SSSR count). The third-order valence-electron chi connectivity index (χ3n) is 2.49. The van der Waals surface area contributed by atoms with Crippen LogP contribution in [0.4, 0.5) is 5.69 Å². The topological polar surface area (TPSA) is 33.2 Å². The van der Waals surface area contributed by atoms with Gasteiger partial charge in [0.05, 0.1) is 0 Å². The summed E-state index contributed by atoms with van der Waals surface area (Å²) in [6.07, 6.45) is 1.65. The minimum absolute atomic E-state index is 0.0342. The normalized spacial score (nSPS) is 10.2. The molecule has 0 aliphatic carbocycles. The predicted molar refractivity (Wildman–Crippen MR) is 70.6 cm³/mol. The van der Waals surface area contributed by atoms with E-state index in [1.807, 2.05) is 43.5 Å². The van der Waals surface area contributed by atoms with Crippen LogP contribution in [0.1, 0.15) is 22.3 Å². The van der Waals surface area contributed by atoms with Crippen molar-refractivity contribution in [3.63, 3.8) is 0 Å². The average molecular weight is 246 g/mol. The number of anilines is 1. The summed E-state index contributed by atoms with van der Waals surface area (Å²) in [6.45, 7) is 4.63. The second kappa shape index (κ2) is 5.10. The summed E-state index contributed by atoms with van der Waals surface area (Å²) in [5, 5.41) is 2.35. The van der Waals surface area contributed by atoms with Crippen LogP contribution in [0.15, 0.2) is 35.8 Å². The number of carbonyl (C=O) groups excluding carboxylic acids is 1. The number of thiazole rings is 1. The zero-order valence-electron chi connectivity index (χ0n) is 9.88. The quantitative estimate of drug-likeness (QED) is 0.833. The number of aryl methyl sites for hydroxylation is 1. The van der Waals surface area contributed by atoms with Crippen molar-refractivity contribution in [3.8, 4) is 0 Å². The number of hydrogen-bond donors (Lipinski definition) is 0. The maximum atomic E-state index is 12.2. The summed E-state index contributed by atoms with van der Waals surface area (Å²) in [7, 11) is 0. The zero-order valence-corrected chi connectivity index (χ0v) is 10.7. The van der Waals surface area contributed by atoms with Gasteiger partial charge in [-0.25, -0.2) is 4.98 Å². The summed E-state index contributed by atoms with van der Waals surface area (Å²) < 4.78 is 0. The van der Waals surface area contributed by atoms with Crippen LogP contribution in [-0.4, -0.2) is 17.4 Å². The fraction of sp³-hybridized carbons (Fsp3) is 0.231. The summed E-state index contributed by atoms with van der Waals surface area (Å²) >= 11 is 1.37. The Morgan fingerprint density at radius 2 is 2.29 bits per heavy atom. The van der Waals surface area contributed by atoms with E-state index in [9.17, 15) is 4.79 Å². The average Bonchev–Trinajstić information content (AvgIpc) is 2.83. The Morgan fingerprint density at radius 3 is 2.88 bits per heavy atom. The maximum absolute atomic E-state index is 12.2. The van der Waals surface area contributed by atoms with Crippen LogP contribution >= 0.6 is 11.3 Å². The van der Waals surface area contributed by atoms with Crippen LogP contribution in [0, 0.1) is 6.92 Å². The van der Waals surface area contributed by atoms with Crippen molar-refractivity contribution in [1.29, 1.82) is 0 Å². The van der Waals surface area contributed by atoms with Crippen LogP contribution in [0.2, 0.25) is 0 Å². The van der Waals surface area contributed by atoms with Crippen molar-refractivity contribution in [2.75, 3.05) is 11.4 Å². The molecule has 3 nitrogen and oxygen atoms in total. The fourth-order valence-corrected chi connectivity index (χ4v) is 2.27. The first kappa shape index (κ1) is 11.8. The fourth-order valence-electron chi connectivity index (χ4n) is 1.68. The molecule has 0 bridgehead atoms. The van der Waals surface area contributed by atoms with Gasteiger partial charge in [-0.2, -0.15) is 0 Å². The lowest BCUT2D eigenvalue weighted by Crippen LogP contribution is -2.30. The molecular weight excluding hydrogens is 232 g/mol. The minimum atomic E-state index is -0.0342. The summed E-state index contributed by atoms with van der Waals surface area (Å²) in [5.74, 6) is -0.0342. The third-order valence-corrected chi connectivity index (χ3v) is 3.25. The van der Waals surface area contributed by atoms with E-state index < -0.39 is 0 Å². The molecule has 0 radical (unpaired) electrons. The Labute approximate surface area is 105 Å². The monoisotopic (exact) mass is 246 g/mol. The number of amides is 1. The van der Waals surface area contributed by atoms with Gasteiger partial charge in [-0.05, 0) is 31.5 Å². The molecule has 4 heteroatoms. The summed E-state index contributed by atoms with van der Waals surface area (Å²) in [4.78, 5) is 18.0. The second-order valence-corrected chi connectivity index (χ2v) is 4.62. The van der Waals surface area contributed by atoms with Crippen LogP contribution in [0.25, 0.3) is 0 Å². The third kappa shape index (κ3) is 2.53. The van der Waals surface area contributed by atoms with Gasteiger partial charge in [-0.3, -0.25) is 4.79 Å². The van der Waals surface area contributed by atoms with E-state index in [2.05, 4.69) is 4.98 Å². The highest BCUT2D eigenvalue weighted by molar-refractivity contribution is 7.11. The number of carbonyl (C=O) groups is 1. The second-order valence-electron chi connectivity index (χ2n) is 3.73. The molecule has 17 heavy (non-hydrogen) atoms. The SMILES string of the molecule is CCN(C(=O)c1nccs1)c1cccc(C)c1.